The van der Waals surface area contributed by atoms with Crippen LogP contribution in [0.2, 0.25) is 0 Å². The molecule has 0 fully saturated rings. The first-order valence-electron chi connectivity index (χ1n) is 18.6. The van der Waals surface area contributed by atoms with Crippen molar-refractivity contribution < 1.29 is 9.53 Å². The van der Waals surface area contributed by atoms with Crippen molar-refractivity contribution >= 4 is 5.97 Å². The number of esters is 1. The topological polar surface area (TPSA) is 26.3 Å². The fourth-order valence-electron chi connectivity index (χ4n) is 5.72. The van der Waals surface area contributed by atoms with Gasteiger partial charge in [0.2, 0.25) is 0 Å². The summed E-state index contributed by atoms with van der Waals surface area (Å²) in [6, 6.07) is 0. The highest BCUT2D eigenvalue weighted by Crippen LogP contribution is 2.21. The molecule has 0 aliphatic heterocycles. The number of carbonyl (C=O) groups excluding carboxylic acids is 1. The van der Waals surface area contributed by atoms with Crippen LogP contribution >= 0.6 is 0 Å². The molecule has 2 nitrogen and oxygen atoms in total. The van der Waals surface area contributed by atoms with E-state index in [1.54, 1.807) is 0 Å². The Labute approximate surface area is 253 Å². The molecule has 0 aromatic rings. The Bertz CT molecular complexity index is 512. The number of hydrogen-bond acceptors (Lipinski definition) is 2. The second-order valence-electron chi connectivity index (χ2n) is 12.6. The van der Waals surface area contributed by atoms with Gasteiger partial charge in [-0.25, -0.2) is 0 Å². The lowest BCUT2D eigenvalue weighted by molar-refractivity contribution is -0.149. The maximum atomic E-state index is 12.9. The van der Waals surface area contributed by atoms with E-state index in [9.17, 15) is 4.79 Å². The van der Waals surface area contributed by atoms with Gasteiger partial charge in [0.1, 0.15) is 0 Å². The lowest BCUT2D eigenvalue weighted by Gasteiger charge is -2.16. The molecule has 0 N–H and O–H groups in total. The molecule has 238 valence electrons. The summed E-state index contributed by atoms with van der Waals surface area (Å²) in [6.07, 6.45) is 43.6. The average Bonchev–Trinajstić information content (AvgIpc) is 2.96. The minimum Gasteiger partial charge on any atom is -0.465 e. The predicted octanol–water partition coefficient (Wildman–Crippen LogP) is 13.5. The third-order valence-corrected chi connectivity index (χ3v) is 8.55. The van der Waals surface area contributed by atoms with Crippen LogP contribution < -0.4 is 0 Å². The van der Waals surface area contributed by atoms with Crippen molar-refractivity contribution in [2.24, 2.45) is 5.92 Å². The third-order valence-electron chi connectivity index (χ3n) is 8.55. The highest BCUT2D eigenvalue weighted by atomic mass is 16.5. The first kappa shape index (κ1) is 39.2. The summed E-state index contributed by atoms with van der Waals surface area (Å²) in [5.41, 5.74) is 0. The van der Waals surface area contributed by atoms with Crippen molar-refractivity contribution in [3.63, 3.8) is 0 Å². The molecular weight excluding hydrogens is 488 g/mol. The number of hydrogen-bond donors (Lipinski definition) is 0. The monoisotopic (exact) mass is 563 g/mol. The summed E-state index contributed by atoms with van der Waals surface area (Å²) >= 11 is 0. The highest BCUT2D eigenvalue weighted by molar-refractivity contribution is 5.72. The zero-order valence-electron chi connectivity index (χ0n) is 28.0. The maximum Gasteiger partial charge on any atom is 0.308 e. The van der Waals surface area contributed by atoms with Crippen LogP contribution in [0.3, 0.4) is 0 Å². The van der Waals surface area contributed by atoms with Crippen molar-refractivity contribution in [2.45, 2.75) is 213 Å². The molecule has 0 aliphatic rings. The van der Waals surface area contributed by atoms with E-state index < -0.39 is 0 Å². The average molecular weight is 563 g/mol. The molecule has 2 heteroatoms. The van der Waals surface area contributed by atoms with Crippen LogP contribution in [0.4, 0.5) is 0 Å². The molecule has 0 amide bonds. The summed E-state index contributed by atoms with van der Waals surface area (Å²) in [6.45, 7) is 7.46. The van der Waals surface area contributed by atoms with Crippen LogP contribution in [0.1, 0.15) is 213 Å². The fourth-order valence-corrected chi connectivity index (χ4v) is 5.72. The smallest absolute Gasteiger partial charge is 0.308 e. The Morgan fingerprint density at radius 1 is 0.450 bits per heavy atom. The lowest BCUT2D eigenvalue weighted by atomic mass is 9.94. The zero-order valence-corrected chi connectivity index (χ0v) is 28.0. The summed E-state index contributed by atoms with van der Waals surface area (Å²) in [4.78, 5) is 12.9. The molecule has 0 radical (unpaired) electrons. The Balaban J connectivity index is 4.05. The summed E-state index contributed by atoms with van der Waals surface area (Å²) in [5.74, 6) is 0.230. The summed E-state index contributed by atoms with van der Waals surface area (Å²) in [5, 5.41) is 0. The SMILES string of the molecule is CCCCCCCC/C=C\CCCCCCC(CCCCCCCCCCCC)C(=O)OCCCCCCCC. The van der Waals surface area contributed by atoms with Gasteiger partial charge in [0.05, 0.1) is 12.5 Å². The Morgan fingerprint density at radius 3 is 1.18 bits per heavy atom. The van der Waals surface area contributed by atoms with Gasteiger partial charge >= 0.3 is 5.97 Å². The van der Waals surface area contributed by atoms with E-state index in [1.807, 2.05) is 0 Å². The fraction of sp³-hybridized carbons (Fsp3) is 0.921. The Kier molecular flexibility index (Phi) is 33.7. The zero-order chi connectivity index (χ0) is 29.2. The maximum absolute atomic E-state index is 12.9. The number of ether oxygens (including phenoxy) is 1. The normalized spacial score (nSPS) is 12.4. The molecule has 0 saturated carbocycles. The van der Waals surface area contributed by atoms with Gasteiger partial charge in [-0.1, -0.05) is 181 Å². The van der Waals surface area contributed by atoms with E-state index in [0.29, 0.717) is 6.61 Å². The van der Waals surface area contributed by atoms with E-state index >= 15 is 0 Å². The van der Waals surface area contributed by atoms with Gasteiger partial charge in [-0.05, 0) is 44.9 Å². The molecule has 0 aromatic heterocycles. The number of allylic oxidation sites excluding steroid dienone is 2. The first-order chi connectivity index (χ1) is 19.8. The standard InChI is InChI=1S/C38H74O2/c1-4-7-10-13-16-18-20-21-22-23-25-27-29-32-35-37(38(39)40-36-33-30-15-12-9-6-3)34-31-28-26-24-19-17-14-11-8-5-2/h21-22,37H,4-20,23-36H2,1-3H3/b22-21-. The van der Waals surface area contributed by atoms with Gasteiger partial charge in [0.15, 0.2) is 0 Å². The van der Waals surface area contributed by atoms with Crippen LogP contribution in [-0.4, -0.2) is 12.6 Å². The van der Waals surface area contributed by atoms with Crippen molar-refractivity contribution in [2.75, 3.05) is 6.61 Å². The minimum absolute atomic E-state index is 0.0992. The molecule has 0 saturated heterocycles. The molecule has 1 atom stereocenters. The van der Waals surface area contributed by atoms with E-state index in [1.165, 1.54) is 173 Å². The van der Waals surface area contributed by atoms with Crippen LogP contribution in [0.15, 0.2) is 12.2 Å². The van der Waals surface area contributed by atoms with Crippen LogP contribution in [0.25, 0.3) is 0 Å². The Morgan fingerprint density at radius 2 is 0.775 bits per heavy atom. The van der Waals surface area contributed by atoms with Crippen LogP contribution in [0, 0.1) is 5.92 Å². The van der Waals surface area contributed by atoms with E-state index in [-0.39, 0.29) is 11.9 Å². The van der Waals surface area contributed by atoms with Crippen molar-refractivity contribution in [1.29, 1.82) is 0 Å². The quantitative estimate of drug-likeness (QED) is 0.0451. The molecule has 0 bridgehead atoms. The van der Waals surface area contributed by atoms with E-state index in [2.05, 4.69) is 32.9 Å². The summed E-state index contributed by atoms with van der Waals surface area (Å²) in [7, 11) is 0. The molecule has 0 aromatic carbocycles. The molecule has 0 heterocycles. The predicted molar refractivity (Wildman–Crippen MR) is 179 cm³/mol. The molecule has 40 heavy (non-hydrogen) atoms. The largest absolute Gasteiger partial charge is 0.465 e. The molecule has 1 unspecified atom stereocenters. The molecule has 0 aliphatic carbocycles. The van der Waals surface area contributed by atoms with Crippen molar-refractivity contribution in [1.82, 2.24) is 0 Å². The van der Waals surface area contributed by atoms with E-state index in [4.69, 9.17) is 4.74 Å². The van der Waals surface area contributed by atoms with Crippen LogP contribution in [0.5, 0.6) is 0 Å². The van der Waals surface area contributed by atoms with Gasteiger partial charge < -0.3 is 4.74 Å². The summed E-state index contributed by atoms with van der Waals surface area (Å²) < 4.78 is 5.77. The third kappa shape index (κ3) is 30.2. The molecular formula is C38H74O2. The van der Waals surface area contributed by atoms with E-state index in [0.717, 1.165) is 19.3 Å². The van der Waals surface area contributed by atoms with Gasteiger partial charge in [-0.15, -0.1) is 0 Å². The lowest BCUT2D eigenvalue weighted by Crippen LogP contribution is -2.18. The highest BCUT2D eigenvalue weighted by Gasteiger charge is 2.19. The van der Waals surface area contributed by atoms with Crippen LogP contribution in [-0.2, 0) is 9.53 Å². The first-order valence-corrected chi connectivity index (χ1v) is 18.6. The molecule has 0 rings (SSSR count). The van der Waals surface area contributed by atoms with Gasteiger partial charge in [-0.2, -0.15) is 0 Å². The number of unbranched alkanes of at least 4 members (excludes halogenated alkanes) is 24. The second kappa shape index (κ2) is 34.4. The second-order valence-corrected chi connectivity index (χ2v) is 12.6. The van der Waals surface area contributed by atoms with Gasteiger partial charge in [0.25, 0.3) is 0 Å². The van der Waals surface area contributed by atoms with Gasteiger partial charge in [-0.3, -0.25) is 4.79 Å². The Hall–Kier alpha value is -0.790. The van der Waals surface area contributed by atoms with Gasteiger partial charge in [0, 0.05) is 0 Å². The van der Waals surface area contributed by atoms with Crippen molar-refractivity contribution in [3.8, 4) is 0 Å². The van der Waals surface area contributed by atoms with Crippen molar-refractivity contribution in [3.05, 3.63) is 12.2 Å². The molecule has 0 spiro atoms. The minimum atomic E-state index is 0.0992. The number of rotatable bonds is 33. The number of carbonyl (C=O) groups is 1.